The summed E-state index contributed by atoms with van der Waals surface area (Å²) in [6.45, 7) is -0.322. The first kappa shape index (κ1) is 25.8. The molecule has 1 amide bonds. The second kappa shape index (κ2) is 11.6. The van der Waals surface area contributed by atoms with Gasteiger partial charge in [0.25, 0.3) is 5.91 Å². The molecule has 0 radical (unpaired) electrons. The second-order valence-corrected chi connectivity index (χ2v) is 8.90. The molecule has 0 atom stereocenters. The molecule has 1 aliphatic rings. The maximum Gasteiger partial charge on any atom is 0.387 e. The van der Waals surface area contributed by atoms with Crippen molar-refractivity contribution in [1.29, 1.82) is 0 Å². The van der Waals surface area contributed by atoms with Crippen LogP contribution in [-0.2, 0) is 6.54 Å². The Bertz CT molecular complexity index is 1160. The third kappa shape index (κ3) is 6.69. The zero-order valence-corrected chi connectivity index (χ0v) is 19.9. The van der Waals surface area contributed by atoms with Crippen molar-refractivity contribution >= 4 is 16.8 Å². The van der Waals surface area contributed by atoms with Crippen LogP contribution in [-0.4, -0.2) is 60.1 Å². The molecule has 0 aliphatic carbocycles. The Kier molecular flexibility index (Phi) is 8.35. The number of amides is 1. The van der Waals surface area contributed by atoms with Gasteiger partial charge in [0.05, 0.1) is 0 Å². The van der Waals surface area contributed by atoms with Gasteiger partial charge in [0, 0.05) is 30.5 Å². The molecule has 1 N–H and O–H groups in total. The molecular formula is C26H29F4N3O3. The van der Waals surface area contributed by atoms with Crippen LogP contribution in [0.15, 0.2) is 48.5 Å². The lowest BCUT2D eigenvalue weighted by atomic mass is 9.95. The van der Waals surface area contributed by atoms with E-state index in [-0.39, 0.29) is 17.4 Å². The number of fused-ring (bicyclic) bond motifs is 1. The minimum absolute atomic E-state index is 0.0443. The number of carbonyl (C=O) groups excluding carboxylic acids is 1. The number of likely N-dealkylation sites (tertiary alicyclic amines) is 1. The molecule has 0 spiro atoms. The van der Waals surface area contributed by atoms with Crippen LogP contribution in [0.4, 0.5) is 17.6 Å². The predicted molar refractivity (Wildman–Crippen MR) is 128 cm³/mol. The zero-order chi connectivity index (χ0) is 25.7. The highest BCUT2D eigenvalue weighted by Crippen LogP contribution is 2.25. The number of piperidine rings is 1. The number of nitrogens with zero attached hydrogens (tertiary/aromatic N) is 2. The minimum atomic E-state index is -2.91. The van der Waals surface area contributed by atoms with Crippen LogP contribution in [0.3, 0.4) is 0 Å². The number of ether oxygens (including phenoxy) is 2. The molecule has 2 aromatic carbocycles. The summed E-state index contributed by atoms with van der Waals surface area (Å²) in [5.41, 5.74) is 2.00. The number of hydrogen-bond donors (Lipinski definition) is 1. The van der Waals surface area contributed by atoms with Crippen LogP contribution in [0.5, 0.6) is 11.5 Å². The molecule has 194 valence electrons. The van der Waals surface area contributed by atoms with Crippen molar-refractivity contribution in [2.75, 3.05) is 26.2 Å². The van der Waals surface area contributed by atoms with Crippen molar-refractivity contribution < 1.29 is 31.8 Å². The zero-order valence-electron chi connectivity index (χ0n) is 19.9. The van der Waals surface area contributed by atoms with Crippen LogP contribution in [0.2, 0.25) is 0 Å². The molecule has 0 bridgehead atoms. The van der Waals surface area contributed by atoms with Crippen LogP contribution < -0.4 is 9.47 Å². The molecule has 10 heteroatoms. The Morgan fingerprint density at radius 1 is 1.03 bits per heavy atom. The van der Waals surface area contributed by atoms with E-state index >= 15 is 0 Å². The molecule has 36 heavy (non-hydrogen) atoms. The number of aromatic nitrogens is 1. The fourth-order valence-electron chi connectivity index (χ4n) is 4.65. The van der Waals surface area contributed by atoms with Gasteiger partial charge in [-0.15, -0.1) is 0 Å². The lowest BCUT2D eigenvalue weighted by molar-refractivity contribution is -0.0505. The maximum absolute atomic E-state index is 13.2. The van der Waals surface area contributed by atoms with Gasteiger partial charge in [-0.1, -0.05) is 12.1 Å². The third-order valence-corrected chi connectivity index (χ3v) is 6.43. The Labute approximate surface area is 206 Å². The largest absolute Gasteiger partial charge is 0.435 e. The first-order valence-electron chi connectivity index (χ1n) is 11.9. The molecule has 1 fully saturated rings. The average molecular weight is 508 g/mol. The lowest BCUT2D eigenvalue weighted by Crippen LogP contribution is -2.40. The summed E-state index contributed by atoms with van der Waals surface area (Å²) in [6.07, 6.45) is 1.83. The fraction of sp³-hybridized carbons (Fsp3) is 0.423. The van der Waals surface area contributed by atoms with Gasteiger partial charge in [-0.3, -0.25) is 9.69 Å². The van der Waals surface area contributed by atoms with Crippen molar-refractivity contribution in [2.45, 2.75) is 39.5 Å². The number of aromatic amines is 1. The number of nitrogens with one attached hydrogen (secondary N) is 1. The standard InChI is InChI=1S/C26H29F4N3O3/c1-2-33(24(34)23-14-19-13-21(36-26(29)30)6-7-22(19)31-23)16-17-8-10-32(11-9-17)15-18-4-3-5-20(12-18)35-25(27)28/h3-7,12-14,17,25-26,31H,2,8-11,15-16H2,1H3. The number of hydrogen-bond acceptors (Lipinski definition) is 4. The van der Waals surface area contributed by atoms with Crippen LogP contribution in [0.25, 0.3) is 10.9 Å². The van der Waals surface area contributed by atoms with E-state index in [2.05, 4.69) is 19.4 Å². The molecule has 2 heterocycles. The van der Waals surface area contributed by atoms with Gasteiger partial charge in [0.15, 0.2) is 0 Å². The van der Waals surface area contributed by atoms with Crippen molar-refractivity contribution in [3.05, 3.63) is 59.8 Å². The topological polar surface area (TPSA) is 57.8 Å². The van der Waals surface area contributed by atoms with Crippen LogP contribution in [0, 0.1) is 5.92 Å². The fourth-order valence-corrected chi connectivity index (χ4v) is 4.65. The van der Waals surface area contributed by atoms with Gasteiger partial charge in [0.2, 0.25) is 0 Å². The highest BCUT2D eigenvalue weighted by molar-refractivity contribution is 5.98. The van der Waals surface area contributed by atoms with E-state index in [9.17, 15) is 22.4 Å². The maximum atomic E-state index is 13.2. The number of alkyl halides is 4. The van der Waals surface area contributed by atoms with E-state index < -0.39 is 13.2 Å². The molecular weight excluding hydrogens is 478 g/mol. The summed E-state index contributed by atoms with van der Waals surface area (Å²) >= 11 is 0. The van der Waals surface area contributed by atoms with Gasteiger partial charge in [-0.05, 0) is 80.7 Å². The number of halogens is 4. The third-order valence-electron chi connectivity index (χ3n) is 6.43. The van der Waals surface area contributed by atoms with Gasteiger partial charge in [-0.25, -0.2) is 0 Å². The Balaban J connectivity index is 1.32. The Hall–Kier alpha value is -3.27. The summed E-state index contributed by atoms with van der Waals surface area (Å²) in [4.78, 5) is 20.3. The summed E-state index contributed by atoms with van der Waals surface area (Å²) in [5.74, 6) is 0.407. The van der Waals surface area contributed by atoms with Crippen molar-refractivity contribution in [2.24, 2.45) is 5.92 Å². The summed E-state index contributed by atoms with van der Waals surface area (Å²) < 4.78 is 58.9. The Morgan fingerprint density at radius 3 is 2.39 bits per heavy atom. The first-order chi connectivity index (χ1) is 17.3. The second-order valence-electron chi connectivity index (χ2n) is 8.90. The summed E-state index contributed by atoms with van der Waals surface area (Å²) in [7, 11) is 0. The molecule has 1 saturated heterocycles. The number of benzene rings is 2. The van der Waals surface area contributed by atoms with E-state index in [1.54, 1.807) is 29.2 Å². The van der Waals surface area contributed by atoms with Crippen molar-refractivity contribution in [3.8, 4) is 11.5 Å². The van der Waals surface area contributed by atoms with E-state index in [4.69, 9.17) is 0 Å². The van der Waals surface area contributed by atoms with Gasteiger partial charge >= 0.3 is 13.2 Å². The molecule has 3 aromatic rings. The SMILES string of the molecule is CCN(CC1CCN(Cc2cccc(OC(F)F)c2)CC1)C(=O)c1cc2cc(OC(F)F)ccc2[nH]1. The average Bonchev–Trinajstić information content (AvgIpc) is 3.26. The lowest BCUT2D eigenvalue weighted by Gasteiger charge is -2.34. The highest BCUT2D eigenvalue weighted by atomic mass is 19.3. The minimum Gasteiger partial charge on any atom is -0.435 e. The van der Waals surface area contributed by atoms with E-state index in [0.29, 0.717) is 42.1 Å². The predicted octanol–water partition coefficient (Wildman–Crippen LogP) is 5.75. The van der Waals surface area contributed by atoms with E-state index in [1.165, 1.54) is 18.2 Å². The molecule has 1 aromatic heterocycles. The monoisotopic (exact) mass is 507 g/mol. The molecule has 1 aliphatic heterocycles. The smallest absolute Gasteiger partial charge is 0.387 e. The summed E-state index contributed by atoms with van der Waals surface area (Å²) in [5, 5.41) is 0.629. The van der Waals surface area contributed by atoms with Gasteiger partial charge in [0.1, 0.15) is 17.2 Å². The quantitative estimate of drug-likeness (QED) is 0.356. The van der Waals surface area contributed by atoms with E-state index in [0.717, 1.165) is 31.5 Å². The van der Waals surface area contributed by atoms with Crippen LogP contribution in [0.1, 0.15) is 35.8 Å². The number of rotatable bonds is 10. The van der Waals surface area contributed by atoms with Gasteiger partial charge in [-0.2, -0.15) is 17.6 Å². The molecule has 4 rings (SSSR count). The van der Waals surface area contributed by atoms with Crippen LogP contribution >= 0.6 is 0 Å². The van der Waals surface area contributed by atoms with Gasteiger partial charge < -0.3 is 19.4 Å². The molecule has 6 nitrogen and oxygen atoms in total. The molecule has 0 unspecified atom stereocenters. The first-order valence-corrected chi connectivity index (χ1v) is 11.9. The molecule has 0 saturated carbocycles. The number of carbonyl (C=O) groups is 1. The normalized spacial score (nSPS) is 15.1. The van der Waals surface area contributed by atoms with Crippen molar-refractivity contribution in [3.63, 3.8) is 0 Å². The number of H-pyrrole nitrogens is 1. The summed E-state index contributed by atoms with van der Waals surface area (Å²) in [6, 6.07) is 13.0. The highest BCUT2D eigenvalue weighted by Gasteiger charge is 2.25. The Morgan fingerprint density at radius 2 is 1.72 bits per heavy atom. The van der Waals surface area contributed by atoms with Crippen molar-refractivity contribution in [1.82, 2.24) is 14.8 Å². The van der Waals surface area contributed by atoms with E-state index in [1.807, 2.05) is 13.0 Å².